The molecule has 0 saturated heterocycles. The van der Waals surface area contributed by atoms with E-state index in [0.717, 1.165) is 25.7 Å². The molecule has 28 heavy (non-hydrogen) atoms. The molecule has 138 valence electrons. The Hall–Kier alpha value is -3.12. The Morgan fingerprint density at radius 1 is 0.536 bits per heavy atom. The third-order valence-electron chi connectivity index (χ3n) is 5.52. The van der Waals surface area contributed by atoms with Crippen molar-refractivity contribution in [3.8, 4) is 11.1 Å². The molecule has 0 heteroatoms. The molecule has 0 bridgehead atoms. The van der Waals surface area contributed by atoms with Crippen molar-refractivity contribution >= 4 is 21.5 Å². The van der Waals surface area contributed by atoms with Gasteiger partial charge in [-0.15, -0.1) is 13.2 Å². The van der Waals surface area contributed by atoms with Crippen LogP contribution in [0.4, 0.5) is 0 Å². The molecule has 4 rings (SSSR count). The maximum Gasteiger partial charge on any atom is -0.00642 e. The topological polar surface area (TPSA) is 0 Å². The number of rotatable bonds is 7. The third-order valence-corrected chi connectivity index (χ3v) is 5.52. The largest absolute Gasteiger partial charge is 0.103 e. The van der Waals surface area contributed by atoms with Gasteiger partial charge >= 0.3 is 0 Å². The number of hydrogen-bond donors (Lipinski definition) is 0. The van der Waals surface area contributed by atoms with Crippen LogP contribution in [0.25, 0.3) is 32.7 Å². The van der Waals surface area contributed by atoms with E-state index in [2.05, 4.69) is 86.0 Å². The summed E-state index contributed by atoms with van der Waals surface area (Å²) in [5.74, 6) is 0. The first-order valence-corrected chi connectivity index (χ1v) is 10.1. The molecule has 4 aromatic rings. The van der Waals surface area contributed by atoms with Crippen molar-refractivity contribution in [1.82, 2.24) is 0 Å². The monoisotopic (exact) mass is 362 g/mol. The molecule has 0 nitrogen and oxygen atoms in total. The molecule has 0 N–H and O–H groups in total. The van der Waals surface area contributed by atoms with Crippen LogP contribution in [0.15, 0.2) is 98.1 Å². The predicted molar refractivity (Wildman–Crippen MR) is 124 cm³/mol. The van der Waals surface area contributed by atoms with Crippen molar-refractivity contribution in [2.24, 2.45) is 0 Å². The zero-order chi connectivity index (χ0) is 19.3. The Kier molecular flexibility index (Phi) is 5.39. The van der Waals surface area contributed by atoms with Gasteiger partial charge in [0, 0.05) is 0 Å². The van der Waals surface area contributed by atoms with Gasteiger partial charge in [0.1, 0.15) is 0 Å². The lowest BCUT2D eigenvalue weighted by Gasteiger charge is -2.19. The summed E-state index contributed by atoms with van der Waals surface area (Å²) >= 11 is 0. The van der Waals surface area contributed by atoms with Gasteiger partial charge in [-0.05, 0) is 69.5 Å². The summed E-state index contributed by atoms with van der Waals surface area (Å²) in [5, 5.41) is 5.26. The predicted octanol–water partition coefficient (Wildman–Crippen LogP) is 7.90. The molecule has 0 aliphatic heterocycles. The third kappa shape index (κ3) is 3.39. The number of benzene rings is 4. The van der Waals surface area contributed by atoms with Gasteiger partial charge in [0.2, 0.25) is 0 Å². The van der Waals surface area contributed by atoms with Crippen molar-refractivity contribution in [2.45, 2.75) is 25.7 Å². The Labute approximate surface area is 167 Å². The molecule has 0 aromatic heterocycles. The maximum absolute atomic E-state index is 3.94. The Morgan fingerprint density at radius 2 is 0.964 bits per heavy atom. The van der Waals surface area contributed by atoms with E-state index in [1.54, 1.807) is 0 Å². The molecule has 0 fully saturated rings. The molecular formula is C28H26. The van der Waals surface area contributed by atoms with Crippen molar-refractivity contribution in [3.05, 3.63) is 109 Å². The second-order valence-corrected chi connectivity index (χ2v) is 7.30. The van der Waals surface area contributed by atoms with E-state index < -0.39 is 0 Å². The number of aryl methyl sites for hydroxylation is 2. The zero-order valence-corrected chi connectivity index (χ0v) is 16.3. The first-order chi connectivity index (χ1) is 13.8. The molecule has 0 aliphatic carbocycles. The summed E-state index contributed by atoms with van der Waals surface area (Å²) in [6.07, 6.45) is 8.01. The fraction of sp³-hybridized carbons (Fsp3) is 0.143. The van der Waals surface area contributed by atoms with Gasteiger partial charge in [-0.2, -0.15) is 0 Å². The van der Waals surface area contributed by atoms with Crippen molar-refractivity contribution in [3.63, 3.8) is 0 Å². The minimum absolute atomic E-state index is 0.984. The van der Waals surface area contributed by atoms with Crippen LogP contribution < -0.4 is 0 Å². The molecule has 0 atom stereocenters. The quantitative estimate of drug-likeness (QED) is 0.293. The molecule has 0 amide bonds. The zero-order valence-electron chi connectivity index (χ0n) is 16.3. The molecular weight excluding hydrogens is 336 g/mol. The van der Waals surface area contributed by atoms with Crippen molar-refractivity contribution in [1.29, 1.82) is 0 Å². The van der Waals surface area contributed by atoms with E-state index in [1.165, 1.54) is 43.8 Å². The highest BCUT2D eigenvalue weighted by atomic mass is 14.2. The van der Waals surface area contributed by atoms with E-state index in [1.807, 2.05) is 12.2 Å². The lowest BCUT2D eigenvalue weighted by molar-refractivity contribution is 0.997. The summed E-state index contributed by atoms with van der Waals surface area (Å²) in [6.45, 7) is 7.87. The normalized spacial score (nSPS) is 11.0. The second kappa shape index (κ2) is 8.27. The van der Waals surface area contributed by atoms with Crippen LogP contribution in [0.3, 0.4) is 0 Å². The number of allylic oxidation sites excluding steroid dienone is 2. The SMILES string of the molecule is C=CCCc1ccc2ccccc2c1-c1c(CCC=C)ccc2ccccc12. The van der Waals surface area contributed by atoms with Gasteiger partial charge in [-0.3, -0.25) is 0 Å². The van der Waals surface area contributed by atoms with Gasteiger partial charge in [0.05, 0.1) is 0 Å². The van der Waals surface area contributed by atoms with E-state index in [0.29, 0.717) is 0 Å². The van der Waals surface area contributed by atoms with Gasteiger partial charge < -0.3 is 0 Å². The lowest BCUT2D eigenvalue weighted by atomic mass is 9.85. The van der Waals surface area contributed by atoms with E-state index in [-0.39, 0.29) is 0 Å². The maximum atomic E-state index is 3.94. The average molecular weight is 363 g/mol. The molecule has 0 saturated carbocycles. The molecule has 0 spiro atoms. The van der Waals surface area contributed by atoms with Crippen LogP contribution in [0, 0.1) is 0 Å². The first-order valence-electron chi connectivity index (χ1n) is 10.1. The van der Waals surface area contributed by atoms with Gasteiger partial charge in [0.15, 0.2) is 0 Å². The number of hydrogen-bond acceptors (Lipinski definition) is 0. The highest BCUT2D eigenvalue weighted by Gasteiger charge is 2.16. The summed E-state index contributed by atoms with van der Waals surface area (Å²) in [4.78, 5) is 0. The van der Waals surface area contributed by atoms with E-state index >= 15 is 0 Å². The molecule has 0 radical (unpaired) electrons. The van der Waals surface area contributed by atoms with Crippen molar-refractivity contribution in [2.75, 3.05) is 0 Å². The first kappa shape index (κ1) is 18.3. The van der Waals surface area contributed by atoms with Crippen LogP contribution in [-0.4, -0.2) is 0 Å². The Morgan fingerprint density at radius 3 is 1.39 bits per heavy atom. The summed E-state index contributed by atoms with van der Waals surface area (Å²) in [5.41, 5.74) is 5.57. The minimum Gasteiger partial charge on any atom is -0.103 e. The van der Waals surface area contributed by atoms with Crippen LogP contribution in [0.2, 0.25) is 0 Å². The van der Waals surface area contributed by atoms with Crippen LogP contribution in [0.1, 0.15) is 24.0 Å². The van der Waals surface area contributed by atoms with Gasteiger partial charge in [0.25, 0.3) is 0 Å². The summed E-state index contributed by atoms with van der Waals surface area (Å²) in [7, 11) is 0. The second-order valence-electron chi connectivity index (χ2n) is 7.30. The fourth-order valence-electron chi connectivity index (χ4n) is 4.16. The van der Waals surface area contributed by atoms with E-state index in [4.69, 9.17) is 0 Å². The van der Waals surface area contributed by atoms with Crippen molar-refractivity contribution < 1.29 is 0 Å². The van der Waals surface area contributed by atoms with Gasteiger partial charge in [-0.25, -0.2) is 0 Å². The summed E-state index contributed by atoms with van der Waals surface area (Å²) < 4.78 is 0. The van der Waals surface area contributed by atoms with E-state index in [9.17, 15) is 0 Å². The van der Waals surface area contributed by atoms with Crippen LogP contribution in [-0.2, 0) is 12.8 Å². The van der Waals surface area contributed by atoms with Gasteiger partial charge in [-0.1, -0.05) is 84.9 Å². The van der Waals surface area contributed by atoms with Crippen LogP contribution >= 0.6 is 0 Å². The fourth-order valence-corrected chi connectivity index (χ4v) is 4.16. The highest BCUT2D eigenvalue weighted by molar-refractivity contribution is 6.07. The summed E-state index contributed by atoms with van der Waals surface area (Å²) in [6, 6.07) is 26.6. The lowest BCUT2D eigenvalue weighted by Crippen LogP contribution is -1.97. The van der Waals surface area contributed by atoms with Crippen LogP contribution in [0.5, 0.6) is 0 Å². The molecule has 4 aromatic carbocycles. The average Bonchev–Trinajstić information content (AvgIpc) is 2.75. The molecule has 0 aliphatic rings. The minimum atomic E-state index is 0.984. The highest BCUT2D eigenvalue weighted by Crippen LogP contribution is 2.40. The Balaban J connectivity index is 2.09. The smallest absolute Gasteiger partial charge is 0.00642 e. The molecule has 0 unspecified atom stereocenters. The Bertz CT molecular complexity index is 1050. The number of fused-ring (bicyclic) bond motifs is 2. The standard InChI is InChI=1S/C28H26/c1-3-5-11-23-19-17-21-13-7-9-15-25(21)27(23)28-24(12-6-4-2)20-18-22-14-8-10-16-26(22)28/h3-4,7-10,13-20H,1-2,5-6,11-12H2. The molecule has 0 heterocycles.